The lowest BCUT2D eigenvalue weighted by Gasteiger charge is -2.45. The normalized spacial score (nSPS) is 22.3. The van der Waals surface area contributed by atoms with Crippen LogP contribution in [0.2, 0.25) is 0 Å². The van der Waals surface area contributed by atoms with Crippen molar-refractivity contribution in [3.05, 3.63) is 144 Å². The lowest BCUT2D eigenvalue weighted by Crippen LogP contribution is -2.61. The van der Waals surface area contributed by atoms with E-state index in [9.17, 15) is 4.21 Å². The quantitative estimate of drug-likeness (QED) is 0.126. The lowest BCUT2D eigenvalue weighted by atomic mass is 9.94. The zero-order valence-corrected chi connectivity index (χ0v) is 28.2. The Kier molecular flexibility index (Phi) is 13.0. The van der Waals surface area contributed by atoms with Gasteiger partial charge in [0.1, 0.15) is 41.5 Å². The number of benzene rings is 4. The van der Waals surface area contributed by atoms with Gasteiger partial charge in [0, 0.05) is 6.21 Å². The Bertz CT molecular complexity index is 1520. The van der Waals surface area contributed by atoms with Crippen LogP contribution in [0.25, 0.3) is 0 Å². The smallest absolute Gasteiger partial charge is 0.144 e. The standard InChI is InChI=1S/C39H45NO6S/c1-39(2,3)47(41)40-24-34-36(43-26-31-18-10-5-11-19-31)38(45-28-33-22-14-7-15-23-33)37(44-27-32-20-12-6-13-21-32)35(46-34)29-42-25-30-16-8-4-9-17-30/h4-24,34-38H,25-29H2,1-3H3/b40-24+/t34-,35+,36-,37+,38+,47-/m0/s1. The van der Waals surface area contributed by atoms with Crippen LogP contribution >= 0.6 is 0 Å². The topological polar surface area (TPSA) is 75.6 Å². The van der Waals surface area contributed by atoms with Crippen molar-refractivity contribution in [3.8, 4) is 0 Å². The molecule has 0 radical (unpaired) electrons. The third-order valence-corrected chi connectivity index (χ3v) is 9.11. The van der Waals surface area contributed by atoms with E-state index in [1.807, 2.05) is 142 Å². The van der Waals surface area contributed by atoms with Crippen molar-refractivity contribution in [1.29, 1.82) is 0 Å². The Morgan fingerprint density at radius 2 is 1.02 bits per heavy atom. The van der Waals surface area contributed by atoms with Crippen molar-refractivity contribution in [2.45, 2.75) is 82.5 Å². The molecular formula is C39H45NO6S. The van der Waals surface area contributed by atoms with Gasteiger partial charge in [0.2, 0.25) is 0 Å². The van der Waals surface area contributed by atoms with Crippen LogP contribution in [0.1, 0.15) is 43.0 Å². The van der Waals surface area contributed by atoms with E-state index >= 15 is 0 Å². The fraction of sp³-hybridized carbons (Fsp3) is 0.359. The molecule has 0 amide bonds. The summed E-state index contributed by atoms with van der Waals surface area (Å²) < 4.78 is 50.0. The maximum absolute atomic E-state index is 13.1. The van der Waals surface area contributed by atoms with Gasteiger partial charge in [0.05, 0.1) is 37.8 Å². The summed E-state index contributed by atoms with van der Waals surface area (Å²) in [5.41, 5.74) is 4.13. The van der Waals surface area contributed by atoms with Crippen molar-refractivity contribution in [3.63, 3.8) is 0 Å². The van der Waals surface area contributed by atoms with E-state index in [0.29, 0.717) is 26.4 Å². The van der Waals surface area contributed by atoms with Crippen LogP contribution in [0, 0.1) is 0 Å². The van der Waals surface area contributed by atoms with Gasteiger partial charge in [-0.1, -0.05) is 121 Å². The van der Waals surface area contributed by atoms with Gasteiger partial charge in [-0.05, 0) is 43.0 Å². The molecule has 0 unspecified atom stereocenters. The molecule has 1 heterocycles. The number of hydrogen-bond acceptors (Lipinski definition) is 6. The molecule has 0 N–H and O–H groups in total. The minimum Gasteiger partial charge on any atom is -0.374 e. The molecule has 0 aromatic heterocycles. The Balaban J connectivity index is 1.47. The van der Waals surface area contributed by atoms with Gasteiger partial charge in [0.25, 0.3) is 0 Å². The van der Waals surface area contributed by atoms with E-state index in [1.54, 1.807) is 6.21 Å². The largest absolute Gasteiger partial charge is 0.374 e. The monoisotopic (exact) mass is 655 g/mol. The summed E-state index contributed by atoms with van der Waals surface area (Å²) in [6, 6.07) is 40.1. The lowest BCUT2D eigenvalue weighted by molar-refractivity contribution is -0.258. The van der Waals surface area contributed by atoms with E-state index in [-0.39, 0.29) is 6.61 Å². The summed E-state index contributed by atoms with van der Waals surface area (Å²) in [5, 5.41) is 0. The van der Waals surface area contributed by atoms with E-state index in [2.05, 4.69) is 4.40 Å². The molecule has 47 heavy (non-hydrogen) atoms. The van der Waals surface area contributed by atoms with Crippen molar-refractivity contribution >= 4 is 17.2 Å². The fourth-order valence-electron chi connectivity index (χ4n) is 5.22. The first-order chi connectivity index (χ1) is 22.9. The Hall–Kier alpha value is -3.50. The molecule has 4 aromatic carbocycles. The molecule has 1 saturated heterocycles. The molecule has 8 heteroatoms. The second-order valence-electron chi connectivity index (χ2n) is 12.5. The third kappa shape index (κ3) is 10.8. The van der Waals surface area contributed by atoms with Gasteiger partial charge in [0.15, 0.2) is 0 Å². The molecule has 248 valence electrons. The zero-order valence-electron chi connectivity index (χ0n) is 27.4. The van der Waals surface area contributed by atoms with Crippen molar-refractivity contribution in [1.82, 2.24) is 0 Å². The Morgan fingerprint density at radius 1 is 0.617 bits per heavy atom. The van der Waals surface area contributed by atoms with E-state index in [0.717, 1.165) is 22.3 Å². The number of rotatable bonds is 15. The number of ether oxygens (including phenoxy) is 5. The predicted molar refractivity (Wildman–Crippen MR) is 186 cm³/mol. The number of nitrogens with zero attached hydrogens (tertiary/aromatic N) is 1. The zero-order chi connectivity index (χ0) is 32.9. The molecule has 7 nitrogen and oxygen atoms in total. The minimum atomic E-state index is -1.49. The molecule has 1 fully saturated rings. The highest BCUT2D eigenvalue weighted by Crippen LogP contribution is 2.31. The summed E-state index contributed by atoms with van der Waals surface area (Å²) >= 11 is 0. The van der Waals surface area contributed by atoms with Gasteiger partial charge >= 0.3 is 0 Å². The summed E-state index contributed by atoms with van der Waals surface area (Å²) in [6.45, 7) is 7.37. The summed E-state index contributed by atoms with van der Waals surface area (Å²) in [6.07, 6.45) is -1.32. The molecule has 0 spiro atoms. The third-order valence-electron chi connectivity index (χ3n) is 7.75. The Morgan fingerprint density at radius 3 is 1.47 bits per heavy atom. The molecule has 0 bridgehead atoms. The highest BCUT2D eigenvalue weighted by Gasteiger charge is 2.48. The average Bonchev–Trinajstić information content (AvgIpc) is 3.10. The molecule has 1 aliphatic heterocycles. The molecular weight excluding hydrogens is 610 g/mol. The molecule has 5 rings (SSSR count). The van der Waals surface area contributed by atoms with Gasteiger partial charge in [-0.3, -0.25) is 0 Å². The maximum atomic E-state index is 13.1. The number of hydrogen-bond donors (Lipinski definition) is 0. The van der Waals surface area contributed by atoms with Crippen molar-refractivity contribution in [2.75, 3.05) is 6.61 Å². The van der Waals surface area contributed by atoms with Crippen LogP contribution in [-0.2, 0) is 61.1 Å². The van der Waals surface area contributed by atoms with E-state index in [4.69, 9.17) is 23.7 Å². The van der Waals surface area contributed by atoms with E-state index in [1.165, 1.54) is 0 Å². The van der Waals surface area contributed by atoms with Crippen LogP contribution < -0.4 is 0 Å². The van der Waals surface area contributed by atoms with Crippen LogP contribution in [0.15, 0.2) is 126 Å². The van der Waals surface area contributed by atoms with Crippen molar-refractivity contribution in [2.24, 2.45) is 4.40 Å². The first-order valence-corrected chi connectivity index (χ1v) is 17.2. The summed E-state index contributed by atoms with van der Waals surface area (Å²) in [5.74, 6) is 0. The van der Waals surface area contributed by atoms with Gasteiger partial charge in [-0.15, -0.1) is 0 Å². The van der Waals surface area contributed by atoms with Gasteiger partial charge in [-0.25, -0.2) is 4.21 Å². The summed E-state index contributed by atoms with van der Waals surface area (Å²) in [7, 11) is -1.49. The molecule has 0 aliphatic carbocycles. The van der Waals surface area contributed by atoms with Crippen LogP contribution in [0.4, 0.5) is 0 Å². The van der Waals surface area contributed by atoms with Crippen LogP contribution in [0.5, 0.6) is 0 Å². The van der Waals surface area contributed by atoms with Crippen LogP contribution in [0.3, 0.4) is 0 Å². The van der Waals surface area contributed by atoms with E-state index < -0.39 is 46.3 Å². The molecule has 6 atom stereocenters. The maximum Gasteiger partial charge on any atom is 0.144 e. The Labute approximate surface area is 281 Å². The second-order valence-corrected chi connectivity index (χ2v) is 14.5. The average molecular weight is 656 g/mol. The van der Waals surface area contributed by atoms with Gasteiger partial charge in [-0.2, -0.15) is 4.40 Å². The predicted octanol–water partition coefficient (Wildman–Crippen LogP) is 7.26. The highest BCUT2D eigenvalue weighted by atomic mass is 32.2. The molecule has 1 aliphatic rings. The molecule has 0 saturated carbocycles. The van der Waals surface area contributed by atoms with Crippen LogP contribution in [-0.4, -0.2) is 52.3 Å². The summed E-state index contributed by atoms with van der Waals surface area (Å²) in [4.78, 5) is 0. The minimum absolute atomic E-state index is 0.248. The van der Waals surface area contributed by atoms with Crippen molar-refractivity contribution < 1.29 is 27.9 Å². The highest BCUT2D eigenvalue weighted by molar-refractivity contribution is 7.85. The first kappa shape index (κ1) is 34.8. The second kappa shape index (κ2) is 17.6. The SMILES string of the molecule is CC(C)(C)[S@](=O)/N=C/[C@@H]1O[C@H](COCc2ccccc2)[C@@H](OCc2ccccc2)[C@H](OCc2ccccc2)[C@H]1OCc1ccccc1. The van der Waals surface area contributed by atoms with Gasteiger partial charge < -0.3 is 23.7 Å². The first-order valence-electron chi connectivity index (χ1n) is 16.1. The fourth-order valence-corrected chi connectivity index (χ4v) is 5.77. The molecule has 4 aromatic rings.